The monoisotopic (exact) mass is 587 g/mol. The van der Waals surface area contributed by atoms with Crippen molar-refractivity contribution in [3.63, 3.8) is 0 Å². The van der Waals surface area contributed by atoms with Gasteiger partial charge in [0.2, 0.25) is 23.5 Å². The standard InChI is InChI=1S/C33H38FN5O4/c1-29(6-7-29)27-36-24(38-42-27)21-5-3-4-20(12-21)23(35-26(40)32-13-19(14-32)15-32)33-10-8-31(9-11-33,16-22(33)34)25-37-28(43-39-25)30(2)17-41-18-30/h3-5,12,19,22-23H,6-11,13-18H2,1-2H3,(H,35,40). The van der Waals surface area contributed by atoms with E-state index in [1.54, 1.807) is 0 Å². The summed E-state index contributed by atoms with van der Waals surface area (Å²) in [6.45, 7) is 5.32. The highest BCUT2D eigenvalue weighted by atomic mass is 19.1. The summed E-state index contributed by atoms with van der Waals surface area (Å²) in [5.41, 5.74) is 0.00275. The number of hydrogen-bond acceptors (Lipinski definition) is 8. The van der Waals surface area contributed by atoms with E-state index in [-0.39, 0.29) is 22.2 Å². The van der Waals surface area contributed by atoms with Gasteiger partial charge in [-0.05, 0) is 88.7 Å². The van der Waals surface area contributed by atoms with E-state index in [4.69, 9.17) is 23.8 Å². The van der Waals surface area contributed by atoms with Crippen molar-refractivity contribution in [1.82, 2.24) is 25.6 Å². The lowest BCUT2D eigenvalue weighted by Crippen LogP contribution is -2.63. The highest BCUT2D eigenvalue weighted by Gasteiger charge is 2.64. The zero-order chi connectivity index (χ0) is 29.2. The quantitative estimate of drug-likeness (QED) is 0.359. The number of halogens is 1. The Morgan fingerprint density at radius 3 is 2.28 bits per heavy atom. The Balaban J connectivity index is 1.04. The topological polar surface area (TPSA) is 116 Å². The van der Waals surface area contributed by atoms with Gasteiger partial charge in [0.25, 0.3) is 0 Å². The molecule has 11 rings (SSSR count). The van der Waals surface area contributed by atoms with Gasteiger partial charge in [-0.15, -0.1) is 0 Å². The largest absolute Gasteiger partial charge is 0.379 e. The Morgan fingerprint density at radius 2 is 1.65 bits per heavy atom. The molecule has 2 unspecified atom stereocenters. The van der Waals surface area contributed by atoms with Crippen LogP contribution in [0.25, 0.3) is 11.4 Å². The lowest BCUT2D eigenvalue weighted by atomic mass is 9.44. The summed E-state index contributed by atoms with van der Waals surface area (Å²) in [4.78, 5) is 23.3. The predicted octanol–water partition coefficient (Wildman–Crippen LogP) is 5.66. The molecule has 7 aliphatic carbocycles. The molecule has 3 aromatic rings. The van der Waals surface area contributed by atoms with E-state index >= 15 is 4.39 Å². The van der Waals surface area contributed by atoms with Crippen molar-refractivity contribution in [2.45, 2.75) is 107 Å². The number of aromatic nitrogens is 4. The van der Waals surface area contributed by atoms with Crippen molar-refractivity contribution in [2.75, 3.05) is 13.2 Å². The molecule has 1 N–H and O–H groups in total. The fraction of sp³-hybridized carbons (Fsp3) is 0.667. The number of nitrogens with zero attached hydrogens (tertiary/aromatic N) is 4. The van der Waals surface area contributed by atoms with Gasteiger partial charge in [0.1, 0.15) is 6.17 Å². The molecule has 8 aliphatic rings. The molecule has 43 heavy (non-hydrogen) atoms. The molecule has 4 bridgehead atoms. The van der Waals surface area contributed by atoms with E-state index in [9.17, 15) is 4.79 Å². The number of carbonyl (C=O) groups is 1. The van der Waals surface area contributed by atoms with Crippen LogP contribution in [-0.2, 0) is 25.8 Å². The average Bonchev–Trinajstić information content (AvgIpc) is 3.32. The van der Waals surface area contributed by atoms with Gasteiger partial charge in [-0.3, -0.25) is 4.79 Å². The van der Waals surface area contributed by atoms with Crippen LogP contribution < -0.4 is 5.32 Å². The predicted molar refractivity (Wildman–Crippen MR) is 152 cm³/mol. The van der Waals surface area contributed by atoms with Crippen molar-refractivity contribution in [2.24, 2.45) is 16.7 Å². The zero-order valence-corrected chi connectivity index (χ0v) is 24.8. The lowest BCUT2D eigenvalue weighted by molar-refractivity contribution is -0.169. The van der Waals surface area contributed by atoms with Crippen LogP contribution in [0.4, 0.5) is 4.39 Å². The van der Waals surface area contributed by atoms with E-state index in [0.29, 0.717) is 61.8 Å². The number of hydrogen-bond donors (Lipinski definition) is 1. The van der Waals surface area contributed by atoms with E-state index in [2.05, 4.69) is 29.5 Å². The van der Waals surface area contributed by atoms with Crippen LogP contribution in [0.5, 0.6) is 0 Å². The first-order chi connectivity index (χ1) is 20.6. The first-order valence-electron chi connectivity index (χ1n) is 16.0. The van der Waals surface area contributed by atoms with Gasteiger partial charge in [0.05, 0.1) is 24.7 Å². The molecule has 1 aromatic carbocycles. The van der Waals surface area contributed by atoms with E-state index < -0.39 is 23.0 Å². The highest BCUT2D eigenvalue weighted by Crippen LogP contribution is 2.66. The molecule has 226 valence electrons. The van der Waals surface area contributed by atoms with Crippen molar-refractivity contribution in [3.8, 4) is 11.4 Å². The second-order valence-electron chi connectivity index (χ2n) is 15.4. The molecule has 7 saturated carbocycles. The number of carbonyl (C=O) groups excluding carboxylic acids is 1. The summed E-state index contributed by atoms with van der Waals surface area (Å²) in [6.07, 6.45) is 6.93. The van der Waals surface area contributed by atoms with E-state index in [1.807, 2.05) is 24.3 Å². The van der Waals surface area contributed by atoms with Gasteiger partial charge < -0.3 is 19.1 Å². The first-order valence-corrected chi connectivity index (χ1v) is 16.0. The SMILES string of the molecule is CC1(c2nc(-c3cccc(C(NC(=O)C45CC(C4)C5)C45CCC(c6noc(C7(C)COC7)n6)(CC4)CC5F)c3)no2)CC1. The Bertz CT molecular complexity index is 1600. The van der Waals surface area contributed by atoms with Crippen LogP contribution in [0, 0.1) is 16.7 Å². The van der Waals surface area contributed by atoms with Crippen LogP contribution in [-0.4, -0.2) is 45.6 Å². The Morgan fingerprint density at radius 1 is 0.930 bits per heavy atom. The maximum absolute atomic E-state index is 16.8. The van der Waals surface area contributed by atoms with E-state index in [0.717, 1.165) is 56.1 Å². The summed E-state index contributed by atoms with van der Waals surface area (Å²) in [5.74, 6) is 3.18. The minimum atomic E-state index is -1.13. The van der Waals surface area contributed by atoms with Crippen molar-refractivity contribution in [3.05, 3.63) is 47.4 Å². The summed E-state index contributed by atoms with van der Waals surface area (Å²) in [5, 5.41) is 12.1. The normalized spacial score (nSPS) is 36.6. The van der Waals surface area contributed by atoms with Gasteiger partial charge >= 0.3 is 0 Å². The number of rotatable bonds is 8. The number of nitrogens with one attached hydrogen (secondary N) is 1. The molecule has 2 atom stereocenters. The molecule has 9 nitrogen and oxygen atoms in total. The fourth-order valence-electron chi connectivity index (χ4n) is 8.70. The third-order valence-corrected chi connectivity index (χ3v) is 12.4. The Kier molecular flexibility index (Phi) is 5.21. The smallest absolute Gasteiger partial charge is 0.237 e. The summed E-state index contributed by atoms with van der Waals surface area (Å²) >= 11 is 0. The highest BCUT2D eigenvalue weighted by molar-refractivity contribution is 5.86. The second kappa shape index (κ2) is 8.52. The third kappa shape index (κ3) is 3.68. The molecule has 2 aromatic heterocycles. The molecule has 8 fully saturated rings. The molecule has 1 saturated heterocycles. The fourth-order valence-corrected chi connectivity index (χ4v) is 8.70. The number of alkyl halides is 1. The summed E-state index contributed by atoms with van der Waals surface area (Å²) < 4.78 is 33.6. The zero-order valence-electron chi connectivity index (χ0n) is 24.8. The van der Waals surface area contributed by atoms with Crippen LogP contribution in [0.2, 0.25) is 0 Å². The Labute approximate surface area is 249 Å². The van der Waals surface area contributed by atoms with Crippen molar-refractivity contribution >= 4 is 5.91 Å². The van der Waals surface area contributed by atoms with Gasteiger partial charge in [-0.25, -0.2) is 4.39 Å². The maximum atomic E-state index is 16.8. The molecule has 0 spiro atoms. The summed E-state index contributed by atoms with van der Waals surface area (Å²) in [7, 11) is 0. The van der Waals surface area contributed by atoms with Crippen molar-refractivity contribution < 1.29 is 23.0 Å². The summed E-state index contributed by atoms with van der Waals surface area (Å²) in [6, 6.07) is 7.52. The van der Waals surface area contributed by atoms with Gasteiger partial charge in [-0.2, -0.15) is 9.97 Å². The van der Waals surface area contributed by atoms with Crippen LogP contribution in [0.15, 0.2) is 33.3 Å². The lowest BCUT2D eigenvalue weighted by Gasteiger charge is -2.61. The van der Waals surface area contributed by atoms with Crippen LogP contribution >= 0.6 is 0 Å². The molecular weight excluding hydrogens is 549 g/mol. The molecule has 10 heteroatoms. The number of amides is 1. The second-order valence-corrected chi connectivity index (χ2v) is 15.4. The van der Waals surface area contributed by atoms with Crippen LogP contribution in [0.3, 0.4) is 0 Å². The van der Waals surface area contributed by atoms with Gasteiger partial charge in [0, 0.05) is 27.2 Å². The molecule has 3 heterocycles. The molecule has 0 radical (unpaired) electrons. The molecular formula is C33H38FN5O4. The number of ether oxygens (including phenoxy) is 1. The Hall–Kier alpha value is -3.14. The number of benzene rings is 1. The maximum Gasteiger partial charge on any atom is 0.237 e. The van der Waals surface area contributed by atoms with E-state index in [1.165, 1.54) is 0 Å². The molecule has 1 aliphatic heterocycles. The molecule has 1 amide bonds. The van der Waals surface area contributed by atoms with Crippen LogP contribution in [0.1, 0.15) is 107 Å². The minimum absolute atomic E-state index is 0.0258. The van der Waals surface area contributed by atoms with Gasteiger partial charge in [0.15, 0.2) is 5.82 Å². The third-order valence-electron chi connectivity index (χ3n) is 12.4. The number of fused-ring (bicyclic) bond motifs is 3. The minimum Gasteiger partial charge on any atom is -0.379 e. The van der Waals surface area contributed by atoms with Crippen molar-refractivity contribution in [1.29, 1.82) is 0 Å². The first kappa shape index (κ1) is 26.3. The van der Waals surface area contributed by atoms with Gasteiger partial charge in [-0.1, -0.05) is 35.4 Å². The average molecular weight is 588 g/mol.